The fourth-order valence-corrected chi connectivity index (χ4v) is 4.58. The lowest BCUT2D eigenvalue weighted by molar-refractivity contribution is 0.0720. The molecule has 2 heterocycles. The van der Waals surface area contributed by atoms with E-state index in [2.05, 4.69) is 14.3 Å². The molecule has 10 heteroatoms. The number of anilines is 1. The van der Waals surface area contributed by atoms with E-state index < -0.39 is 10.0 Å². The molecule has 0 radical (unpaired) electrons. The molecule has 2 aromatic rings. The van der Waals surface area contributed by atoms with Crippen molar-refractivity contribution in [3.05, 3.63) is 34.2 Å². The summed E-state index contributed by atoms with van der Waals surface area (Å²) in [5, 5.41) is 5.25. The van der Waals surface area contributed by atoms with Crippen molar-refractivity contribution in [1.82, 2.24) is 14.5 Å². The van der Waals surface area contributed by atoms with Crippen LogP contribution in [-0.4, -0.2) is 41.9 Å². The Kier molecular flexibility index (Phi) is 5.02. The lowest BCUT2D eigenvalue weighted by atomic mass is 10.1. The van der Waals surface area contributed by atoms with Crippen molar-refractivity contribution in [2.75, 3.05) is 17.8 Å². The van der Waals surface area contributed by atoms with Crippen molar-refractivity contribution in [2.45, 2.75) is 24.2 Å². The highest BCUT2D eigenvalue weighted by Gasteiger charge is 2.29. The number of aromatic nitrogens is 2. The molecule has 0 bridgehead atoms. The van der Waals surface area contributed by atoms with Crippen molar-refractivity contribution in [3.63, 3.8) is 0 Å². The normalized spacial score (nSPS) is 15.3. The molecule has 0 saturated carbocycles. The topological polar surface area (TPSA) is 92.3 Å². The van der Waals surface area contributed by atoms with Gasteiger partial charge in [-0.2, -0.15) is 0 Å². The van der Waals surface area contributed by atoms with E-state index in [0.717, 1.165) is 30.8 Å². The molecule has 0 aliphatic carbocycles. The van der Waals surface area contributed by atoms with E-state index >= 15 is 0 Å². The zero-order valence-electron chi connectivity index (χ0n) is 12.6. The first-order valence-corrected chi connectivity index (χ1v) is 10.1. The van der Waals surface area contributed by atoms with Crippen LogP contribution in [0.3, 0.4) is 0 Å². The molecule has 1 amide bonds. The van der Waals surface area contributed by atoms with Crippen LogP contribution in [0.5, 0.6) is 0 Å². The third-order valence-corrected chi connectivity index (χ3v) is 5.94. The van der Waals surface area contributed by atoms with Gasteiger partial charge in [0, 0.05) is 13.1 Å². The van der Waals surface area contributed by atoms with E-state index in [1.54, 1.807) is 4.90 Å². The number of halogens is 1. The zero-order valence-corrected chi connectivity index (χ0v) is 15.0. The van der Waals surface area contributed by atoms with Gasteiger partial charge in [-0.1, -0.05) is 22.2 Å². The lowest BCUT2D eigenvalue weighted by Crippen LogP contribution is -2.36. The van der Waals surface area contributed by atoms with Gasteiger partial charge in [-0.3, -0.25) is 9.52 Å². The number of benzene rings is 1. The number of piperidine rings is 1. The average Bonchev–Trinajstić information content (AvgIpc) is 3.07. The van der Waals surface area contributed by atoms with E-state index in [1.807, 2.05) is 0 Å². The van der Waals surface area contributed by atoms with Gasteiger partial charge in [0.1, 0.15) is 4.90 Å². The van der Waals surface area contributed by atoms with Crippen molar-refractivity contribution in [1.29, 1.82) is 0 Å². The zero-order chi connectivity index (χ0) is 17.2. The Labute approximate surface area is 148 Å². The van der Waals surface area contributed by atoms with Crippen LogP contribution in [0.15, 0.2) is 28.5 Å². The second-order valence-electron chi connectivity index (χ2n) is 5.36. The summed E-state index contributed by atoms with van der Waals surface area (Å²) in [6.07, 6.45) is 2.87. The Morgan fingerprint density at radius 3 is 2.67 bits per heavy atom. The minimum Gasteiger partial charge on any atom is -0.339 e. The first-order valence-electron chi connectivity index (χ1n) is 7.37. The number of carbonyl (C=O) groups excluding carboxylic acids is 1. The highest BCUT2D eigenvalue weighted by atomic mass is 35.5. The fourth-order valence-electron chi connectivity index (χ4n) is 2.59. The number of rotatable bonds is 4. The molecule has 1 aliphatic heterocycles. The summed E-state index contributed by atoms with van der Waals surface area (Å²) < 4.78 is 31.2. The minimum absolute atomic E-state index is 0.00300. The van der Waals surface area contributed by atoms with Crippen molar-refractivity contribution in [3.8, 4) is 0 Å². The second kappa shape index (κ2) is 7.04. The Balaban J connectivity index is 1.99. The number of hydrogen-bond donors (Lipinski definition) is 1. The van der Waals surface area contributed by atoms with Crippen LogP contribution in [0, 0.1) is 0 Å². The average molecular weight is 387 g/mol. The van der Waals surface area contributed by atoms with Crippen molar-refractivity contribution < 1.29 is 13.2 Å². The fraction of sp³-hybridized carbons (Fsp3) is 0.357. The minimum atomic E-state index is -4.00. The molecule has 128 valence electrons. The smallest absolute Gasteiger partial charge is 0.263 e. The van der Waals surface area contributed by atoms with E-state index in [9.17, 15) is 13.2 Å². The molecule has 3 rings (SSSR count). The highest BCUT2D eigenvalue weighted by molar-refractivity contribution is 7.92. The molecule has 0 spiro atoms. The van der Waals surface area contributed by atoms with Gasteiger partial charge in [-0.15, -0.1) is 5.10 Å². The number of amides is 1. The lowest BCUT2D eigenvalue weighted by Gasteiger charge is -2.27. The molecule has 0 unspecified atom stereocenters. The predicted octanol–water partition coefficient (Wildman–Crippen LogP) is 2.62. The third kappa shape index (κ3) is 3.52. The Hall–Kier alpha value is -1.71. The number of likely N-dealkylation sites (tertiary alicyclic amines) is 1. The summed E-state index contributed by atoms with van der Waals surface area (Å²) in [4.78, 5) is 14.3. The molecular formula is C14H15ClN4O3S2. The maximum atomic E-state index is 12.8. The molecule has 1 fully saturated rings. The van der Waals surface area contributed by atoms with Gasteiger partial charge in [0.25, 0.3) is 15.9 Å². The summed E-state index contributed by atoms with van der Waals surface area (Å²) in [5.74, 6) is -0.256. The van der Waals surface area contributed by atoms with Crippen LogP contribution in [0.25, 0.3) is 0 Å². The molecule has 1 aliphatic rings. The summed E-state index contributed by atoms with van der Waals surface area (Å²) in [5.41, 5.74) is -0.00300. The molecule has 1 aromatic heterocycles. The van der Waals surface area contributed by atoms with Crippen LogP contribution >= 0.6 is 23.1 Å². The number of nitrogens with zero attached hydrogens (tertiary/aromatic N) is 3. The van der Waals surface area contributed by atoms with Crippen LogP contribution in [0.1, 0.15) is 29.6 Å². The summed E-state index contributed by atoms with van der Waals surface area (Å²) >= 11 is 7.19. The largest absolute Gasteiger partial charge is 0.339 e. The van der Waals surface area contributed by atoms with E-state index in [0.29, 0.717) is 13.1 Å². The summed E-state index contributed by atoms with van der Waals surface area (Å²) in [6, 6.07) is 4.39. The van der Waals surface area contributed by atoms with Crippen molar-refractivity contribution >= 4 is 44.9 Å². The summed E-state index contributed by atoms with van der Waals surface area (Å²) in [7, 11) is -4.00. The third-order valence-electron chi connectivity index (χ3n) is 3.72. The van der Waals surface area contributed by atoms with Crippen LogP contribution < -0.4 is 4.72 Å². The molecule has 0 atom stereocenters. The molecule has 1 saturated heterocycles. The predicted molar refractivity (Wildman–Crippen MR) is 91.9 cm³/mol. The van der Waals surface area contributed by atoms with Crippen LogP contribution in [0.4, 0.5) is 5.82 Å². The quantitative estimate of drug-likeness (QED) is 0.871. The molecule has 7 nitrogen and oxygen atoms in total. The van der Waals surface area contributed by atoms with Gasteiger partial charge < -0.3 is 4.90 Å². The number of sulfonamides is 1. The summed E-state index contributed by atoms with van der Waals surface area (Å²) in [6.45, 7) is 1.21. The van der Waals surface area contributed by atoms with Gasteiger partial charge in [0.15, 0.2) is 5.82 Å². The number of carbonyl (C=O) groups is 1. The van der Waals surface area contributed by atoms with Gasteiger partial charge in [0.2, 0.25) is 0 Å². The van der Waals surface area contributed by atoms with Crippen molar-refractivity contribution in [2.24, 2.45) is 0 Å². The number of nitrogens with one attached hydrogen (secondary N) is 1. The van der Waals surface area contributed by atoms with Gasteiger partial charge in [0.05, 0.1) is 16.0 Å². The Bertz CT molecular complexity index is 834. The van der Waals surface area contributed by atoms with E-state index in [1.165, 1.54) is 23.6 Å². The first-order chi connectivity index (χ1) is 11.5. The standard InChI is InChI=1S/C14H15ClN4O3S2/c15-10-5-4-6-11(24(21,22)17-12-9-23-18-16-12)13(10)14(20)19-7-2-1-3-8-19/h4-6,9,17H,1-3,7-8H2. The molecule has 24 heavy (non-hydrogen) atoms. The Morgan fingerprint density at radius 2 is 2.00 bits per heavy atom. The number of hydrogen-bond acceptors (Lipinski definition) is 6. The van der Waals surface area contributed by atoms with Crippen LogP contribution in [0.2, 0.25) is 5.02 Å². The second-order valence-corrected chi connectivity index (χ2v) is 8.03. The van der Waals surface area contributed by atoms with Crippen LogP contribution in [-0.2, 0) is 10.0 Å². The Morgan fingerprint density at radius 1 is 1.25 bits per heavy atom. The molecule has 1 N–H and O–H groups in total. The molecular weight excluding hydrogens is 372 g/mol. The maximum Gasteiger partial charge on any atom is 0.263 e. The van der Waals surface area contributed by atoms with E-state index in [-0.39, 0.29) is 27.2 Å². The van der Waals surface area contributed by atoms with E-state index in [4.69, 9.17) is 11.6 Å². The molecule has 1 aromatic carbocycles. The first kappa shape index (κ1) is 17.1. The highest BCUT2D eigenvalue weighted by Crippen LogP contribution is 2.28. The monoisotopic (exact) mass is 386 g/mol. The van der Waals surface area contributed by atoms with Gasteiger partial charge in [-0.25, -0.2) is 8.42 Å². The SMILES string of the molecule is O=C(c1c(Cl)cccc1S(=O)(=O)Nc1csnn1)N1CCCCC1. The van der Waals surface area contributed by atoms with Gasteiger partial charge in [-0.05, 0) is 42.9 Å². The van der Waals surface area contributed by atoms with Gasteiger partial charge >= 0.3 is 0 Å². The maximum absolute atomic E-state index is 12.8.